The Kier molecular flexibility index (Phi) is 4.09. The lowest BCUT2D eigenvalue weighted by Gasteiger charge is -2.17. The zero-order chi connectivity index (χ0) is 17.2. The van der Waals surface area contributed by atoms with Gasteiger partial charge in [0.25, 0.3) is 0 Å². The minimum atomic E-state index is -0.00122. The van der Waals surface area contributed by atoms with E-state index in [1.165, 1.54) is 0 Å². The zero-order valence-corrected chi connectivity index (χ0v) is 14.1. The van der Waals surface area contributed by atoms with Gasteiger partial charge in [-0.15, -0.1) is 0 Å². The summed E-state index contributed by atoms with van der Waals surface area (Å²) in [6, 6.07) is 11.7. The van der Waals surface area contributed by atoms with Gasteiger partial charge in [0, 0.05) is 25.2 Å². The quantitative estimate of drug-likeness (QED) is 0.734. The van der Waals surface area contributed by atoms with E-state index in [0.29, 0.717) is 25.5 Å². The second kappa shape index (κ2) is 6.55. The number of para-hydroxylation sites is 2. The largest absolute Gasteiger partial charge is 0.472 e. The third kappa shape index (κ3) is 3.33. The molecule has 2 aromatic heterocycles. The number of aryl methyl sites for hydroxylation is 1. The van der Waals surface area contributed by atoms with Crippen LogP contribution in [-0.4, -0.2) is 44.5 Å². The van der Waals surface area contributed by atoms with Gasteiger partial charge in [0.15, 0.2) is 0 Å². The second-order valence-electron chi connectivity index (χ2n) is 6.40. The normalized spacial score (nSPS) is 17.2. The SMILES string of the molecule is Cc1ccc(O[C@@H]2CCN(C(=O)Cn3cnc4ccccc43)C2)nc1. The van der Waals surface area contributed by atoms with Gasteiger partial charge in [0.2, 0.25) is 11.8 Å². The van der Waals surface area contributed by atoms with Crippen LogP contribution in [0.4, 0.5) is 0 Å². The molecule has 4 rings (SSSR count). The summed E-state index contributed by atoms with van der Waals surface area (Å²) in [5.41, 5.74) is 2.98. The molecule has 0 spiro atoms. The van der Waals surface area contributed by atoms with Crippen LogP contribution in [0, 0.1) is 6.92 Å². The van der Waals surface area contributed by atoms with Crippen molar-refractivity contribution in [3.05, 3.63) is 54.5 Å². The molecule has 25 heavy (non-hydrogen) atoms. The zero-order valence-electron chi connectivity index (χ0n) is 14.1. The maximum atomic E-state index is 12.6. The second-order valence-corrected chi connectivity index (χ2v) is 6.40. The van der Waals surface area contributed by atoms with E-state index in [-0.39, 0.29) is 12.0 Å². The Hall–Kier alpha value is -2.89. The summed E-state index contributed by atoms with van der Waals surface area (Å²) in [7, 11) is 0. The summed E-state index contributed by atoms with van der Waals surface area (Å²) >= 11 is 0. The molecule has 1 fully saturated rings. The molecular formula is C19H20N4O2. The molecule has 3 heterocycles. The van der Waals surface area contributed by atoms with Crippen LogP contribution < -0.4 is 4.74 Å². The highest BCUT2D eigenvalue weighted by molar-refractivity contribution is 5.80. The predicted octanol–water partition coefficient (Wildman–Crippen LogP) is 2.42. The van der Waals surface area contributed by atoms with E-state index in [1.807, 2.05) is 52.8 Å². The maximum Gasteiger partial charge on any atom is 0.242 e. The molecule has 1 aromatic carbocycles. The van der Waals surface area contributed by atoms with Crippen LogP contribution in [0.2, 0.25) is 0 Å². The number of nitrogens with zero attached hydrogens (tertiary/aromatic N) is 4. The molecule has 1 saturated heterocycles. The van der Waals surface area contributed by atoms with Gasteiger partial charge in [-0.2, -0.15) is 0 Å². The predicted molar refractivity (Wildman–Crippen MR) is 94.3 cm³/mol. The monoisotopic (exact) mass is 336 g/mol. The lowest BCUT2D eigenvalue weighted by atomic mass is 10.3. The van der Waals surface area contributed by atoms with Crippen LogP contribution in [0.25, 0.3) is 11.0 Å². The first-order valence-corrected chi connectivity index (χ1v) is 8.46. The molecule has 1 aliphatic heterocycles. The number of carbonyl (C=O) groups excluding carboxylic acids is 1. The van der Waals surface area contributed by atoms with Crippen LogP contribution in [0.3, 0.4) is 0 Å². The Morgan fingerprint density at radius 3 is 2.96 bits per heavy atom. The van der Waals surface area contributed by atoms with E-state index >= 15 is 0 Å². The molecule has 1 atom stereocenters. The molecule has 128 valence electrons. The first-order valence-electron chi connectivity index (χ1n) is 8.46. The Morgan fingerprint density at radius 1 is 1.24 bits per heavy atom. The molecule has 0 unspecified atom stereocenters. The molecule has 3 aromatic rings. The summed E-state index contributed by atoms with van der Waals surface area (Å²) in [6.45, 7) is 3.60. The van der Waals surface area contributed by atoms with E-state index in [2.05, 4.69) is 9.97 Å². The molecule has 6 heteroatoms. The third-order valence-electron chi connectivity index (χ3n) is 4.50. The molecule has 0 bridgehead atoms. The average molecular weight is 336 g/mol. The van der Waals surface area contributed by atoms with E-state index in [0.717, 1.165) is 23.0 Å². The Balaban J connectivity index is 1.38. The number of amides is 1. The van der Waals surface area contributed by atoms with Crippen molar-refractivity contribution < 1.29 is 9.53 Å². The molecule has 1 aliphatic rings. The highest BCUT2D eigenvalue weighted by Gasteiger charge is 2.28. The standard InChI is InChI=1S/C19H20N4O2/c1-14-6-7-18(20-10-14)25-15-8-9-22(11-15)19(24)12-23-13-21-16-4-2-3-5-17(16)23/h2-7,10,13,15H,8-9,11-12H2,1H3/t15-/m1/s1. The first kappa shape index (κ1) is 15.6. The van der Waals surface area contributed by atoms with Crippen molar-refractivity contribution in [1.82, 2.24) is 19.4 Å². The fraction of sp³-hybridized carbons (Fsp3) is 0.316. The summed E-state index contributed by atoms with van der Waals surface area (Å²) < 4.78 is 7.79. The van der Waals surface area contributed by atoms with Gasteiger partial charge in [0.1, 0.15) is 12.6 Å². The summed E-state index contributed by atoms with van der Waals surface area (Å²) in [5, 5.41) is 0. The van der Waals surface area contributed by atoms with E-state index in [9.17, 15) is 4.79 Å². The van der Waals surface area contributed by atoms with Gasteiger partial charge in [0.05, 0.1) is 23.9 Å². The topological polar surface area (TPSA) is 60.2 Å². The number of hydrogen-bond donors (Lipinski definition) is 0. The number of carbonyl (C=O) groups is 1. The summed E-state index contributed by atoms with van der Waals surface area (Å²) in [6.07, 6.45) is 4.34. The molecule has 0 saturated carbocycles. The van der Waals surface area contributed by atoms with Gasteiger partial charge in [-0.05, 0) is 24.6 Å². The van der Waals surface area contributed by atoms with Gasteiger partial charge in [-0.1, -0.05) is 18.2 Å². The third-order valence-corrected chi connectivity index (χ3v) is 4.50. The number of imidazole rings is 1. The highest BCUT2D eigenvalue weighted by Crippen LogP contribution is 2.18. The maximum absolute atomic E-state index is 12.6. The number of ether oxygens (including phenoxy) is 1. The highest BCUT2D eigenvalue weighted by atomic mass is 16.5. The summed E-state index contributed by atoms with van der Waals surface area (Å²) in [5.74, 6) is 0.705. The molecule has 1 amide bonds. The van der Waals surface area contributed by atoms with Gasteiger partial charge in [-0.3, -0.25) is 4.79 Å². The Labute approximate surface area is 146 Å². The van der Waals surface area contributed by atoms with Crippen molar-refractivity contribution in [3.63, 3.8) is 0 Å². The van der Waals surface area contributed by atoms with Gasteiger partial charge >= 0.3 is 0 Å². The lowest BCUT2D eigenvalue weighted by Crippen LogP contribution is -2.33. The fourth-order valence-electron chi connectivity index (χ4n) is 3.13. The minimum absolute atomic E-state index is 0.00122. The lowest BCUT2D eigenvalue weighted by molar-refractivity contribution is -0.131. The van der Waals surface area contributed by atoms with Crippen LogP contribution >= 0.6 is 0 Å². The van der Waals surface area contributed by atoms with Crippen LogP contribution in [-0.2, 0) is 11.3 Å². The smallest absolute Gasteiger partial charge is 0.242 e. The number of rotatable bonds is 4. The van der Waals surface area contributed by atoms with Crippen LogP contribution in [0.15, 0.2) is 48.9 Å². The number of benzene rings is 1. The molecule has 0 aliphatic carbocycles. The van der Waals surface area contributed by atoms with E-state index in [1.54, 1.807) is 12.5 Å². The number of likely N-dealkylation sites (tertiary alicyclic amines) is 1. The van der Waals surface area contributed by atoms with Gasteiger partial charge < -0.3 is 14.2 Å². The number of hydrogen-bond acceptors (Lipinski definition) is 4. The molecular weight excluding hydrogens is 316 g/mol. The van der Waals surface area contributed by atoms with Crippen molar-refractivity contribution in [3.8, 4) is 5.88 Å². The van der Waals surface area contributed by atoms with Crippen molar-refractivity contribution in [2.75, 3.05) is 13.1 Å². The number of aromatic nitrogens is 3. The molecule has 0 radical (unpaired) electrons. The van der Waals surface area contributed by atoms with E-state index < -0.39 is 0 Å². The van der Waals surface area contributed by atoms with Crippen molar-refractivity contribution in [2.45, 2.75) is 26.0 Å². The van der Waals surface area contributed by atoms with Crippen LogP contribution in [0.5, 0.6) is 5.88 Å². The Morgan fingerprint density at radius 2 is 2.12 bits per heavy atom. The Bertz CT molecular complexity index is 888. The first-order chi connectivity index (χ1) is 12.2. The average Bonchev–Trinajstić information content (AvgIpc) is 3.25. The summed E-state index contributed by atoms with van der Waals surface area (Å²) in [4.78, 5) is 23.1. The number of fused-ring (bicyclic) bond motifs is 1. The minimum Gasteiger partial charge on any atom is -0.472 e. The molecule has 0 N–H and O–H groups in total. The van der Waals surface area contributed by atoms with Crippen molar-refractivity contribution >= 4 is 16.9 Å². The molecule has 6 nitrogen and oxygen atoms in total. The fourth-order valence-corrected chi connectivity index (χ4v) is 3.13. The van der Waals surface area contributed by atoms with E-state index in [4.69, 9.17) is 4.74 Å². The van der Waals surface area contributed by atoms with Crippen molar-refractivity contribution in [2.24, 2.45) is 0 Å². The van der Waals surface area contributed by atoms with Gasteiger partial charge in [-0.25, -0.2) is 9.97 Å². The van der Waals surface area contributed by atoms with Crippen molar-refractivity contribution in [1.29, 1.82) is 0 Å². The van der Waals surface area contributed by atoms with Crippen LogP contribution in [0.1, 0.15) is 12.0 Å². The number of pyridine rings is 1.